The van der Waals surface area contributed by atoms with Crippen molar-refractivity contribution in [2.45, 2.75) is 0 Å². The Labute approximate surface area is 144 Å². The van der Waals surface area contributed by atoms with Gasteiger partial charge < -0.3 is 5.73 Å². The van der Waals surface area contributed by atoms with Gasteiger partial charge in [0.2, 0.25) is 11.2 Å². The summed E-state index contributed by atoms with van der Waals surface area (Å²) >= 11 is 0. The molecule has 25 heavy (non-hydrogen) atoms. The fraction of sp³-hybridized carbons (Fsp3) is 0.0500. The number of nitro benzene ring substituents is 1. The lowest BCUT2D eigenvalue weighted by atomic mass is 9.99. The number of hydrogen-bond acceptors (Lipinski definition) is 3. The molecule has 0 spiro atoms. The third kappa shape index (κ3) is 2.37. The van der Waals surface area contributed by atoms with Crippen LogP contribution in [0.2, 0.25) is 0 Å². The molecule has 0 aliphatic rings. The maximum absolute atomic E-state index is 11.2. The second-order valence-electron chi connectivity index (χ2n) is 6.03. The Morgan fingerprint density at radius 1 is 0.920 bits per heavy atom. The molecule has 3 aromatic carbocycles. The molecule has 0 fully saturated rings. The Morgan fingerprint density at radius 2 is 1.60 bits per heavy atom. The van der Waals surface area contributed by atoms with E-state index in [-0.39, 0.29) is 10.6 Å². The normalized spacial score (nSPS) is 11.1. The van der Waals surface area contributed by atoms with Crippen LogP contribution in [-0.2, 0) is 7.05 Å². The summed E-state index contributed by atoms with van der Waals surface area (Å²) in [6, 6.07) is 20.7. The molecule has 4 aromatic rings. The molecule has 0 saturated heterocycles. The Kier molecular flexibility index (Phi) is 3.35. The molecule has 0 atom stereocenters. The standard InChI is InChI=1S/C20H15N3O2/c1-22-19-11-10-15(23(24)25)12-18(19)16-4-2-3-5-17(16)20(22)13-6-8-14(21)9-7-13/h2-12,21H,1H3/p+1. The molecule has 4 rings (SSSR count). The molecule has 0 amide bonds. The molecule has 1 heterocycles. The smallest absolute Gasteiger partial charge is 0.270 e. The van der Waals surface area contributed by atoms with Gasteiger partial charge in [-0.3, -0.25) is 10.1 Å². The van der Waals surface area contributed by atoms with Crippen LogP contribution in [0.4, 0.5) is 11.4 Å². The highest BCUT2D eigenvalue weighted by Gasteiger charge is 2.22. The molecule has 122 valence electrons. The van der Waals surface area contributed by atoms with Crippen molar-refractivity contribution in [1.82, 2.24) is 0 Å². The highest BCUT2D eigenvalue weighted by molar-refractivity contribution is 6.09. The van der Waals surface area contributed by atoms with Crippen molar-refractivity contribution in [3.63, 3.8) is 0 Å². The number of non-ortho nitro benzene ring substituents is 1. The van der Waals surface area contributed by atoms with Gasteiger partial charge in [-0.15, -0.1) is 0 Å². The Bertz CT molecular complexity index is 1140. The SMILES string of the molecule is C[n+]1c(-c2ccc(N)cc2)c2ccccc2c2cc([N+](=O)[O-])ccc21. The minimum atomic E-state index is -0.359. The highest BCUT2D eigenvalue weighted by atomic mass is 16.6. The predicted molar refractivity (Wildman–Crippen MR) is 99.1 cm³/mol. The maximum Gasteiger partial charge on any atom is 0.270 e. The monoisotopic (exact) mass is 330 g/mol. The van der Waals surface area contributed by atoms with Crippen molar-refractivity contribution in [1.29, 1.82) is 0 Å². The van der Waals surface area contributed by atoms with E-state index in [9.17, 15) is 10.1 Å². The minimum Gasteiger partial charge on any atom is -0.399 e. The first-order chi connectivity index (χ1) is 12.1. The summed E-state index contributed by atoms with van der Waals surface area (Å²) in [6.07, 6.45) is 0. The van der Waals surface area contributed by atoms with Crippen LogP contribution in [0.5, 0.6) is 0 Å². The topological polar surface area (TPSA) is 73.0 Å². The number of anilines is 1. The first-order valence-electron chi connectivity index (χ1n) is 7.91. The summed E-state index contributed by atoms with van der Waals surface area (Å²) in [5.41, 5.74) is 9.67. The van der Waals surface area contributed by atoms with E-state index in [2.05, 4.69) is 4.57 Å². The van der Waals surface area contributed by atoms with Gasteiger partial charge in [-0.05, 0) is 30.3 Å². The van der Waals surface area contributed by atoms with Gasteiger partial charge in [0, 0.05) is 34.8 Å². The third-order valence-electron chi connectivity index (χ3n) is 4.54. The van der Waals surface area contributed by atoms with E-state index in [1.807, 2.05) is 55.6 Å². The molecular weight excluding hydrogens is 314 g/mol. The van der Waals surface area contributed by atoms with Crippen LogP contribution in [0.15, 0.2) is 66.7 Å². The van der Waals surface area contributed by atoms with Crippen molar-refractivity contribution in [3.8, 4) is 11.3 Å². The Hall–Kier alpha value is -3.47. The summed E-state index contributed by atoms with van der Waals surface area (Å²) in [4.78, 5) is 10.8. The molecule has 5 heteroatoms. The van der Waals surface area contributed by atoms with Crippen LogP contribution < -0.4 is 10.3 Å². The van der Waals surface area contributed by atoms with Crippen molar-refractivity contribution in [3.05, 3.63) is 76.8 Å². The molecule has 0 unspecified atom stereocenters. The van der Waals surface area contributed by atoms with Gasteiger partial charge in [0.1, 0.15) is 7.05 Å². The molecule has 0 radical (unpaired) electrons. The average molecular weight is 330 g/mol. The number of rotatable bonds is 2. The zero-order chi connectivity index (χ0) is 17.6. The molecule has 5 nitrogen and oxygen atoms in total. The quantitative estimate of drug-likeness (QED) is 0.199. The molecule has 0 aliphatic carbocycles. The summed E-state index contributed by atoms with van der Waals surface area (Å²) < 4.78 is 2.08. The van der Waals surface area contributed by atoms with Crippen LogP contribution in [0, 0.1) is 10.1 Å². The maximum atomic E-state index is 11.2. The number of fused-ring (bicyclic) bond motifs is 3. The van der Waals surface area contributed by atoms with Gasteiger partial charge in [-0.25, -0.2) is 0 Å². The van der Waals surface area contributed by atoms with E-state index in [0.717, 1.165) is 32.9 Å². The second kappa shape index (κ2) is 5.56. The first-order valence-corrected chi connectivity index (χ1v) is 7.91. The number of benzene rings is 3. The molecule has 0 aliphatic heterocycles. The second-order valence-corrected chi connectivity index (χ2v) is 6.03. The molecule has 2 N–H and O–H groups in total. The predicted octanol–water partition coefficient (Wildman–Crippen LogP) is 3.97. The van der Waals surface area contributed by atoms with Gasteiger partial charge in [0.05, 0.1) is 15.7 Å². The number of nitrogen functional groups attached to an aromatic ring is 1. The number of hydrogen-bond donors (Lipinski definition) is 1. The molecule has 0 saturated carbocycles. The average Bonchev–Trinajstić information content (AvgIpc) is 2.63. The number of nitrogens with zero attached hydrogens (tertiary/aromatic N) is 2. The Balaban J connectivity index is 2.16. The van der Waals surface area contributed by atoms with Gasteiger partial charge >= 0.3 is 0 Å². The van der Waals surface area contributed by atoms with Gasteiger partial charge in [0.25, 0.3) is 5.69 Å². The number of aromatic nitrogens is 1. The molecular formula is C20H16N3O2+. The van der Waals surface area contributed by atoms with Crippen LogP contribution in [-0.4, -0.2) is 4.92 Å². The van der Waals surface area contributed by atoms with Gasteiger partial charge in [-0.2, -0.15) is 4.57 Å². The fourth-order valence-electron chi connectivity index (χ4n) is 3.36. The van der Waals surface area contributed by atoms with Gasteiger partial charge in [-0.1, -0.05) is 18.2 Å². The van der Waals surface area contributed by atoms with Crippen LogP contribution in [0.3, 0.4) is 0 Å². The summed E-state index contributed by atoms with van der Waals surface area (Å²) in [5.74, 6) is 0. The van der Waals surface area contributed by atoms with Crippen LogP contribution >= 0.6 is 0 Å². The lowest BCUT2D eigenvalue weighted by Gasteiger charge is -2.09. The van der Waals surface area contributed by atoms with E-state index in [1.54, 1.807) is 18.2 Å². The van der Waals surface area contributed by atoms with Crippen molar-refractivity contribution >= 4 is 33.1 Å². The highest BCUT2D eigenvalue weighted by Crippen LogP contribution is 2.32. The zero-order valence-electron chi connectivity index (χ0n) is 13.6. The number of pyridine rings is 1. The summed E-state index contributed by atoms with van der Waals surface area (Å²) in [7, 11) is 1.98. The number of nitro groups is 1. The van der Waals surface area contributed by atoms with Crippen molar-refractivity contribution in [2.24, 2.45) is 7.05 Å². The van der Waals surface area contributed by atoms with Crippen molar-refractivity contribution < 1.29 is 9.49 Å². The lowest BCUT2D eigenvalue weighted by molar-refractivity contribution is -0.632. The number of aryl methyl sites for hydroxylation is 1. The minimum absolute atomic E-state index is 0.0953. The van der Waals surface area contributed by atoms with Crippen molar-refractivity contribution in [2.75, 3.05) is 5.73 Å². The first kappa shape index (κ1) is 15.1. The molecule has 0 bridgehead atoms. The zero-order valence-corrected chi connectivity index (χ0v) is 13.6. The van der Waals surface area contributed by atoms with Crippen LogP contribution in [0.25, 0.3) is 32.9 Å². The van der Waals surface area contributed by atoms with E-state index in [4.69, 9.17) is 5.73 Å². The van der Waals surface area contributed by atoms with Gasteiger partial charge in [0.15, 0.2) is 0 Å². The summed E-state index contributed by atoms with van der Waals surface area (Å²) in [5, 5.41) is 14.1. The van der Waals surface area contributed by atoms with E-state index >= 15 is 0 Å². The lowest BCUT2D eigenvalue weighted by Crippen LogP contribution is -2.32. The van der Waals surface area contributed by atoms with Crippen LogP contribution in [0.1, 0.15) is 0 Å². The Morgan fingerprint density at radius 3 is 2.28 bits per heavy atom. The van der Waals surface area contributed by atoms with E-state index in [1.165, 1.54) is 0 Å². The molecule has 1 aromatic heterocycles. The van der Waals surface area contributed by atoms with E-state index in [0.29, 0.717) is 5.69 Å². The summed E-state index contributed by atoms with van der Waals surface area (Å²) in [6.45, 7) is 0. The van der Waals surface area contributed by atoms with E-state index < -0.39 is 0 Å². The fourth-order valence-corrected chi connectivity index (χ4v) is 3.36. The number of nitrogens with two attached hydrogens (primary N) is 1. The third-order valence-corrected chi connectivity index (χ3v) is 4.54. The largest absolute Gasteiger partial charge is 0.399 e.